The minimum atomic E-state index is -3.46. The third-order valence-electron chi connectivity index (χ3n) is 5.03. The second kappa shape index (κ2) is 10.6. The van der Waals surface area contributed by atoms with Gasteiger partial charge in [0, 0.05) is 35.4 Å². The number of aromatic amines is 1. The van der Waals surface area contributed by atoms with E-state index in [0.717, 1.165) is 28.4 Å². The number of rotatable bonds is 9. The lowest BCUT2D eigenvalue weighted by Gasteiger charge is -2.15. The normalized spacial score (nSPS) is 12.5. The first kappa shape index (κ1) is 25.1. The maximum Gasteiger partial charge on any atom is 0.229 e. The number of nitrogens with one attached hydrogen (secondary N) is 3. The highest BCUT2D eigenvalue weighted by atomic mass is 35.5. The summed E-state index contributed by atoms with van der Waals surface area (Å²) in [7, 11) is -3.46. The van der Waals surface area contributed by atoms with Gasteiger partial charge in [-0.2, -0.15) is 0 Å². The molecule has 10 heteroatoms. The number of aliphatic hydroxyl groups is 1. The van der Waals surface area contributed by atoms with Crippen molar-refractivity contribution in [3.63, 3.8) is 0 Å². The van der Waals surface area contributed by atoms with Crippen molar-refractivity contribution in [2.75, 3.05) is 30.7 Å². The Kier molecular flexibility index (Phi) is 8.10. The second-order valence-electron chi connectivity index (χ2n) is 7.56. The Bertz CT molecular complexity index is 1360. The lowest BCUT2D eigenvalue weighted by Crippen LogP contribution is -2.26. The molecule has 0 spiro atoms. The number of sulfonamides is 1. The number of fused-ring (bicyclic) bond motifs is 3. The Morgan fingerprint density at radius 2 is 1.82 bits per heavy atom. The molecule has 0 aliphatic rings. The van der Waals surface area contributed by atoms with Crippen molar-refractivity contribution in [3.8, 4) is 5.75 Å². The first-order valence-electron chi connectivity index (χ1n) is 10.1. The van der Waals surface area contributed by atoms with Gasteiger partial charge < -0.3 is 20.1 Å². The van der Waals surface area contributed by atoms with Crippen molar-refractivity contribution < 1.29 is 18.3 Å². The maximum atomic E-state index is 11.5. The molecule has 1 aromatic heterocycles. The van der Waals surface area contributed by atoms with E-state index in [9.17, 15) is 13.5 Å². The van der Waals surface area contributed by atoms with E-state index in [4.69, 9.17) is 16.3 Å². The van der Waals surface area contributed by atoms with Crippen LogP contribution < -0.4 is 14.8 Å². The van der Waals surface area contributed by atoms with E-state index < -0.39 is 16.1 Å². The standard InChI is InChI=1S/C23H24ClN3O4S.ClH/c1-32(29,30)27-22-12-15(6-9-19(22)24)23(28)14-25-10-11-31-16-7-8-18-17-4-2-3-5-20(17)26-21(18)13-16;/h2-9,12-13,23,25-28H,10-11,14H2,1H3;1H/t23-;/m0./s1. The van der Waals surface area contributed by atoms with Crippen LogP contribution in [0, 0.1) is 0 Å². The van der Waals surface area contributed by atoms with Gasteiger partial charge in [-0.25, -0.2) is 8.42 Å². The summed E-state index contributed by atoms with van der Waals surface area (Å²) in [5.74, 6) is 0.764. The van der Waals surface area contributed by atoms with E-state index in [-0.39, 0.29) is 29.7 Å². The molecule has 4 N–H and O–H groups in total. The summed E-state index contributed by atoms with van der Waals surface area (Å²) in [6, 6.07) is 18.9. The summed E-state index contributed by atoms with van der Waals surface area (Å²) < 4.78 is 31.1. The van der Waals surface area contributed by atoms with Crippen LogP contribution in [0.5, 0.6) is 5.75 Å². The molecular weight excluding hydrogens is 485 g/mol. The molecule has 3 aromatic carbocycles. The number of anilines is 1. The van der Waals surface area contributed by atoms with Crippen LogP contribution in [-0.2, 0) is 10.0 Å². The second-order valence-corrected chi connectivity index (χ2v) is 9.72. The molecule has 0 saturated carbocycles. The van der Waals surface area contributed by atoms with E-state index >= 15 is 0 Å². The van der Waals surface area contributed by atoms with Gasteiger partial charge in [0.1, 0.15) is 12.4 Å². The van der Waals surface area contributed by atoms with Gasteiger partial charge in [-0.05, 0) is 35.9 Å². The summed E-state index contributed by atoms with van der Waals surface area (Å²) in [4.78, 5) is 3.39. The minimum absolute atomic E-state index is 0. The van der Waals surface area contributed by atoms with E-state index in [0.29, 0.717) is 18.7 Å². The van der Waals surface area contributed by atoms with Gasteiger partial charge in [0.25, 0.3) is 0 Å². The van der Waals surface area contributed by atoms with Crippen molar-refractivity contribution in [1.29, 1.82) is 0 Å². The number of benzene rings is 3. The van der Waals surface area contributed by atoms with Gasteiger partial charge >= 0.3 is 0 Å². The molecule has 0 fully saturated rings. The molecule has 0 aliphatic heterocycles. The zero-order valence-electron chi connectivity index (χ0n) is 17.8. The summed E-state index contributed by atoms with van der Waals surface area (Å²) in [5.41, 5.74) is 2.90. The fraction of sp³-hybridized carbons (Fsp3) is 0.217. The number of hydrogen-bond donors (Lipinski definition) is 4. The number of aromatic nitrogens is 1. The fourth-order valence-corrected chi connectivity index (χ4v) is 4.34. The Balaban J connectivity index is 0.00000306. The van der Waals surface area contributed by atoms with Gasteiger partial charge in [0.05, 0.1) is 28.6 Å². The highest BCUT2D eigenvalue weighted by Gasteiger charge is 2.12. The molecule has 176 valence electrons. The van der Waals surface area contributed by atoms with Crippen LogP contribution in [0.15, 0.2) is 60.7 Å². The van der Waals surface area contributed by atoms with Crippen LogP contribution in [0.2, 0.25) is 5.02 Å². The Labute approximate surface area is 203 Å². The van der Waals surface area contributed by atoms with Gasteiger partial charge in [0.15, 0.2) is 0 Å². The molecular formula is C23H25Cl2N3O4S. The number of H-pyrrole nitrogens is 1. The SMILES string of the molecule is CS(=O)(=O)Nc1cc([C@@H](O)CNCCOc2ccc3c(c2)[nH]c2ccccc23)ccc1Cl.Cl. The fourth-order valence-electron chi connectivity index (χ4n) is 3.55. The molecule has 0 radical (unpaired) electrons. The van der Waals surface area contributed by atoms with E-state index in [1.807, 2.05) is 36.4 Å². The molecule has 7 nitrogen and oxygen atoms in total. The highest BCUT2D eigenvalue weighted by Crippen LogP contribution is 2.28. The summed E-state index contributed by atoms with van der Waals surface area (Å²) in [6.07, 6.45) is 0.222. The number of para-hydroxylation sites is 1. The van der Waals surface area contributed by atoms with E-state index in [2.05, 4.69) is 21.1 Å². The number of aliphatic hydroxyl groups excluding tert-OH is 1. The van der Waals surface area contributed by atoms with Gasteiger partial charge in [0.2, 0.25) is 10.0 Å². The van der Waals surface area contributed by atoms with Crippen LogP contribution in [-0.4, -0.2) is 44.5 Å². The summed E-state index contributed by atoms with van der Waals surface area (Å²) in [6.45, 7) is 1.24. The van der Waals surface area contributed by atoms with Crippen LogP contribution in [0.3, 0.4) is 0 Å². The number of hydrogen-bond acceptors (Lipinski definition) is 5. The first-order valence-corrected chi connectivity index (χ1v) is 12.4. The first-order chi connectivity index (χ1) is 15.3. The zero-order valence-corrected chi connectivity index (χ0v) is 20.2. The maximum absolute atomic E-state index is 11.5. The Morgan fingerprint density at radius 3 is 2.61 bits per heavy atom. The quantitative estimate of drug-likeness (QED) is 0.249. The highest BCUT2D eigenvalue weighted by molar-refractivity contribution is 7.92. The monoisotopic (exact) mass is 509 g/mol. The Morgan fingerprint density at radius 1 is 1.06 bits per heavy atom. The third kappa shape index (κ3) is 6.31. The average molecular weight is 510 g/mol. The van der Waals surface area contributed by atoms with Crippen LogP contribution in [0.25, 0.3) is 21.8 Å². The topological polar surface area (TPSA) is 103 Å². The predicted octanol–water partition coefficient (Wildman–Crippen LogP) is 4.47. The molecule has 1 heterocycles. The molecule has 4 aromatic rings. The lowest BCUT2D eigenvalue weighted by molar-refractivity contribution is 0.172. The van der Waals surface area contributed by atoms with Crippen molar-refractivity contribution in [1.82, 2.24) is 10.3 Å². The Hall–Kier alpha value is -2.49. The third-order valence-corrected chi connectivity index (χ3v) is 5.95. The van der Waals surface area contributed by atoms with Gasteiger partial charge in [-0.15, -0.1) is 12.4 Å². The van der Waals surface area contributed by atoms with Gasteiger partial charge in [-0.3, -0.25) is 4.72 Å². The largest absolute Gasteiger partial charge is 0.492 e. The number of ether oxygens (including phenoxy) is 1. The van der Waals surface area contributed by atoms with Gasteiger partial charge in [-0.1, -0.05) is 35.9 Å². The van der Waals surface area contributed by atoms with Crippen molar-refractivity contribution in [2.24, 2.45) is 0 Å². The molecule has 1 atom stereocenters. The lowest BCUT2D eigenvalue weighted by atomic mass is 10.1. The van der Waals surface area contributed by atoms with Crippen molar-refractivity contribution in [2.45, 2.75) is 6.10 Å². The van der Waals surface area contributed by atoms with E-state index in [1.165, 1.54) is 11.5 Å². The van der Waals surface area contributed by atoms with E-state index in [1.54, 1.807) is 12.1 Å². The predicted molar refractivity (Wildman–Crippen MR) is 136 cm³/mol. The molecule has 4 rings (SSSR count). The number of halogens is 2. The smallest absolute Gasteiger partial charge is 0.229 e. The minimum Gasteiger partial charge on any atom is -0.492 e. The molecule has 0 unspecified atom stereocenters. The summed E-state index contributed by atoms with van der Waals surface area (Å²) in [5, 5.41) is 16.2. The molecule has 0 saturated heterocycles. The van der Waals surface area contributed by atoms with Crippen molar-refractivity contribution in [3.05, 3.63) is 71.2 Å². The molecule has 0 amide bonds. The van der Waals surface area contributed by atoms with Crippen LogP contribution >= 0.6 is 24.0 Å². The molecule has 0 aliphatic carbocycles. The van der Waals surface area contributed by atoms with Crippen molar-refractivity contribution >= 4 is 61.5 Å². The molecule has 0 bridgehead atoms. The van der Waals surface area contributed by atoms with Crippen LogP contribution in [0.1, 0.15) is 11.7 Å². The van der Waals surface area contributed by atoms with Crippen LogP contribution in [0.4, 0.5) is 5.69 Å². The summed E-state index contributed by atoms with van der Waals surface area (Å²) >= 11 is 6.03. The zero-order chi connectivity index (χ0) is 22.7. The molecule has 33 heavy (non-hydrogen) atoms. The average Bonchev–Trinajstić information content (AvgIpc) is 3.11.